The van der Waals surface area contributed by atoms with Crippen molar-refractivity contribution in [2.45, 2.75) is 44.7 Å². The Bertz CT molecular complexity index is 604. The molecule has 0 atom stereocenters. The fourth-order valence-corrected chi connectivity index (χ4v) is 3.75. The molecule has 0 saturated carbocycles. The van der Waals surface area contributed by atoms with Gasteiger partial charge in [0, 0.05) is 31.9 Å². The van der Waals surface area contributed by atoms with E-state index in [1.165, 1.54) is 10.5 Å². The molecule has 7 heteroatoms. The Hall–Kier alpha value is -1.18. The maximum Gasteiger partial charge on any atom is 0.246 e. The number of aromatic nitrogens is 2. The maximum absolute atomic E-state index is 12.6. The second kappa shape index (κ2) is 6.72. The molecule has 1 aliphatic rings. The fourth-order valence-electron chi connectivity index (χ4n) is 2.30. The Morgan fingerprint density at radius 2 is 2.19 bits per heavy atom. The van der Waals surface area contributed by atoms with Crippen LogP contribution in [-0.4, -0.2) is 48.2 Å². The predicted octanol–water partition coefficient (Wildman–Crippen LogP) is 1.22. The molecule has 0 radical (unpaired) electrons. The Morgan fingerprint density at radius 3 is 2.86 bits per heavy atom. The maximum atomic E-state index is 12.6. The smallest absolute Gasteiger partial charge is 0.246 e. The molecular formula is C14H24N4O2S. The van der Waals surface area contributed by atoms with Gasteiger partial charge in [0.1, 0.15) is 4.90 Å². The van der Waals surface area contributed by atoms with Crippen LogP contribution in [0.2, 0.25) is 0 Å². The Labute approximate surface area is 126 Å². The minimum atomic E-state index is -3.43. The molecule has 0 fully saturated rings. The van der Waals surface area contributed by atoms with E-state index in [4.69, 9.17) is 0 Å². The molecule has 0 bridgehead atoms. The summed E-state index contributed by atoms with van der Waals surface area (Å²) in [4.78, 5) is 0.279. The molecule has 1 N–H and O–H groups in total. The topological polar surface area (TPSA) is 67.2 Å². The Balaban J connectivity index is 2.04. The van der Waals surface area contributed by atoms with Crippen molar-refractivity contribution in [1.82, 2.24) is 19.4 Å². The molecule has 0 saturated heterocycles. The largest absolute Gasteiger partial charge is 0.313 e. The minimum Gasteiger partial charge on any atom is -0.313 e. The van der Waals surface area contributed by atoms with Crippen LogP contribution in [0.5, 0.6) is 0 Å². The van der Waals surface area contributed by atoms with Crippen molar-refractivity contribution in [3.63, 3.8) is 0 Å². The second-order valence-corrected chi connectivity index (χ2v) is 7.66. The van der Waals surface area contributed by atoms with Crippen LogP contribution in [0.25, 0.3) is 0 Å². The van der Waals surface area contributed by atoms with Crippen LogP contribution in [0.1, 0.15) is 27.2 Å². The SMILES string of the molecule is CC1=CCCN(S(=O)(=O)c2cnn(CCNC(C)C)c2)C1. The lowest BCUT2D eigenvalue weighted by atomic mass is 10.2. The third kappa shape index (κ3) is 4.15. The zero-order chi connectivity index (χ0) is 15.5. The minimum absolute atomic E-state index is 0.279. The molecule has 1 aliphatic heterocycles. The van der Waals surface area contributed by atoms with Crippen LogP contribution in [0.15, 0.2) is 28.9 Å². The molecule has 21 heavy (non-hydrogen) atoms. The first-order valence-corrected chi connectivity index (χ1v) is 8.75. The van der Waals surface area contributed by atoms with Gasteiger partial charge in [-0.2, -0.15) is 9.40 Å². The number of rotatable bonds is 6. The zero-order valence-corrected chi connectivity index (χ0v) is 13.7. The molecule has 2 heterocycles. The van der Waals surface area contributed by atoms with E-state index in [0.717, 1.165) is 18.5 Å². The summed E-state index contributed by atoms with van der Waals surface area (Å²) >= 11 is 0. The highest BCUT2D eigenvalue weighted by Crippen LogP contribution is 2.19. The van der Waals surface area contributed by atoms with E-state index in [2.05, 4.69) is 30.3 Å². The quantitative estimate of drug-likeness (QED) is 0.802. The summed E-state index contributed by atoms with van der Waals surface area (Å²) in [5.41, 5.74) is 1.10. The van der Waals surface area contributed by atoms with Gasteiger partial charge in [0.2, 0.25) is 10.0 Å². The molecule has 6 nitrogen and oxygen atoms in total. The van der Waals surface area contributed by atoms with Crippen molar-refractivity contribution in [1.29, 1.82) is 0 Å². The summed E-state index contributed by atoms with van der Waals surface area (Å²) in [6.07, 6.45) is 5.92. The van der Waals surface area contributed by atoms with Crippen molar-refractivity contribution in [3.05, 3.63) is 24.0 Å². The van der Waals surface area contributed by atoms with Crippen LogP contribution in [-0.2, 0) is 16.6 Å². The van der Waals surface area contributed by atoms with Gasteiger partial charge in [-0.25, -0.2) is 8.42 Å². The van der Waals surface area contributed by atoms with Crippen molar-refractivity contribution >= 4 is 10.0 Å². The Morgan fingerprint density at radius 1 is 1.43 bits per heavy atom. The van der Waals surface area contributed by atoms with Crippen LogP contribution in [0.3, 0.4) is 0 Å². The number of nitrogens with one attached hydrogen (secondary N) is 1. The third-order valence-corrected chi connectivity index (χ3v) is 5.24. The fraction of sp³-hybridized carbons (Fsp3) is 0.643. The number of hydrogen-bond donors (Lipinski definition) is 1. The molecule has 118 valence electrons. The summed E-state index contributed by atoms with van der Waals surface area (Å²) in [5.74, 6) is 0. The summed E-state index contributed by atoms with van der Waals surface area (Å²) < 4.78 is 28.3. The molecule has 1 aromatic heterocycles. The molecule has 0 aliphatic carbocycles. The van der Waals surface area contributed by atoms with E-state index >= 15 is 0 Å². The summed E-state index contributed by atoms with van der Waals surface area (Å²) in [6.45, 7) is 8.55. The van der Waals surface area contributed by atoms with Crippen molar-refractivity contribution in [3.8, 4) is 0 Å². The van der Waals surface area contributed by atoms with E-state index in [-0.39, 0.29) is 4.90 Å². The van der Waals surface area contributed by atoms with Gasteiger partial charge < -0.3 is 5.32 Å². The van der Waals surface area contributed by atoms with Crippen molar-refractivity contribution in [2.75, 3.05) is 19.6 Å². The zero-order valence-electron chi connectivity index (χ0n) is 12.9. The van der Waals surface area contributed by atoms with Crippen molar-refractivity contribution < 1.29 is 8.42 Å². The molecule has 0 unspecified atom stereocenters. The van der Waals surface area contributed by atoms with Crippen LogP contribution in [0, 0.1) is 0 Å². The van der Waals surface area contributed by atoms with E-state index in [1.807, 2.05) is 6.92 Å². The number of nitrogens with zero attached hydrogens (tertiary/aromatic N) is 3. The second-order valence-electron chi connectivity index (χ2n) is 5.73. The molecule has 0 amide bonds. The van der Waals surface area contributed by atoms with Crippen LogP contribution >= 0.6 is 0 Å². The molecule has 2 rings (SSSR count). The van der Waals surface area contributed by atoms with Gasteiger partial charge in [-0.15, -0.1) is 0 Å². The third-order valence-electron chi connectivity index (χ3n) is 3.44. The normalized spacial score (nSPS) is 17.2. The first kappa shape index (κ1) is 16.2. The number of hydrogen-bond acceptors (Lipinski definition) is 4. The highest BCUT2D eigenvalue weighted by molar-refractivity contribution is 7.89. The molecule has 0 spiro atoms. The Kier molecular flexibility index (Phi) is 5.18. The van der Waals surface area contributed by atoms with Gasteiger partial charge in [0.15, 0.2) is 0 Å². The summed E-state index contributed by atoms with van der Waals surface area (Å²) in [7, 11) is -3.43. The highest BCUT2D eigenvalue weighted by atomic mass is 32.2. The first-order chi connectivity index (χ1) is 9.89. The first-order valence-electron chi connectivity index (χ1n) is 7.31. The molecule has 0 aromatic carbocycles. The van der Waals surface area contributed by atoms with Crippen LogP contribution in [0.4, 0.5) is 0 Å². The van der Waals surface area contributed by atoms with E-state index in [1.54, 1.807) is 10.9 Å². The lowest BCUT2D eigenvalue weighted by Crippen LogP contribution is -2.35. The summed E-state index contributed by atoms with van der Waals surface area (Å²) in [6, 6.07) is 0.409. The highest BCUT2D eigenvalue weighted by Gasteiger charge is 2.27. The average Bonchev–Trinajstić information content (AvgIpc) is 2.88. The van der Waals surface area contributed by atoms with E-state index in [0.29, 0.717) is 25.7 Å². The van der Waals surface area contributed by atoms with Gasteiger partial charge in [0.05, 0.1) is 12.7 Å². The van der Waals surface area contributed by atoms with Crippen LogP contribution < -0.4 is 5.32 Å². The van der Waals surface area contributed by atoms with E-state index in [9.17, 15) is 8.42 Å². The van der Waals surface area contributed by atoms with Gasteiger partial charge in [0.25, 0.3) is 0 Å². The van der Waals surface area contributed by atoms with Crippen molar-refractivity contribution in [2.24, 2.45) is 0 Å². The van der Waals surface area contributed by atoms with Gasteiger partial charge in [-0.1, -0.05) is 25.5 Å². The molecule has 1 aromatic rings. The predicted molar refractivity (Wildman–Crippen MR) is 82.5 cm³/mol. The van der Waals surface area contributed by atoms with Gasteiger partial charge in [-0.3, -0.25) is 4.68 Å². The van der Waals surface area contributed by atoms with Gasteiger partial charge >= 0.3 is 0 Å². The lowest BCUT2D eigenvalue weighted by molar-refractivity contribution is 0.427. The molecular weight excluding hydrogens is 288 g/mol. The van der Waals surface area contributed by atoms with Gasteiger partial charge in [-0.05, 0) is 13.3 Å². The standard InChI is InChI=1S/C14H24N4O2S/c1-12(2)15-6-8-17-11-14(9-16-17)21(19,20)18-7-4-5-13(3)10-18/h5,9,11-12,15H,4,6-8,10H2,1-3H3. The average molecular weight is 312 g/mol. The monoisotopic (exact) mass is 312 g/mol. The lowest BCUT2D eigenvalue weighted by Gasteiger charge is -2.24. The number of sulfonamides is 1. The summed E-state index contributed by atoms with van der Waals surface area (Å²) in [5, 5.41) is 7.43. The van der Waals surface area contributed by atoms with E-state index < -0.39 is 10.0 Å².